The Bertz CT molecular complexity index is 2800. The molecule has 0 radical (unpaired) electrons. The number of para-hydroxylation sites is 2. The molecule has 2 aliphatic rings. The van der Waals surface area contributed by atoms with Gasteiger partial charge in [-0.2, -0.15) is 13.2 Å². The second-order valence-corrected chi connectivity index (χ2v) is 15.3. The fraction of sp³-hybridized carbons (Fsp3) is 0.265. The van der Waals surface area contributed by atoms with E-state index in [2.05, 4.69) is 24.3 Å². The fourth-order valence-corrected chi connectivity index (χ4v) is 7.52. The molecule has 0 spiro atoms. The number of anilines is 2. The summed E-state index contributed by atoms with van der Waals surface area (Å²) >= 11 is 0. The number of rotatable bonds is 10. The first-order chi connectivity index (χ1) is 33.2. The van der Waals surface area contributed by atoms with Crippen molar-refractivity contribution >= 4 is 11.4 Å². The van der Waals surface area contributed by atoms with Crippen LogP contribution < -0.4 is 38.6 Å². The number of alkyl halides is 15. The van der Waals surface area contributed by atoms with Crippen molar-refractivity contribution < 1.29 is 99.4 Å². The summed E-state index contributed by atoms with van der Waals surface area (Å²) in [5.41, 5.74) is 2.56. The lowest BCUT2D eigenvalue weighted by molar-refractivity contribution is -0.275. The zero-order valence-electron chi connectivity index (χ0n) is 35.6. The van der Waals surface area contributed by atoms with Crippen molar-refractivity contribution in [3.8, 4) is 56.8 Å². The first kappa shape index (κ1) is 56.5. The number of β-amino-alcohol motifs (C(OH)–C–C–N with tert-alkyl or cyclic N) is 1. The first-order valence-electron chi connectivity index (χ1n) is 20.4. The van der Waals surface area contributed by atoms with Crippen LogP contribution in [0.15, 0.2) is 133 Å². The lowest BCUT2D eigenvalue weighted by Crippen LogP contribution is -2.46. The van der Waals surface area contributed by atoms with Crippen molar-refractivity contribution in [2.45, 2.75) is 64.7 Å². The van der Waals surface area contributed by atoms with E-state index in [0.717, 1.165) is 29.2 Å². The molecule has 9 nitrogen and oxygen atoms in total. The highest BCUT2D eigenvalue weighted by molar-refractivity contribution is 5.81. The van der Waals surface area contributed by atoms with Crippen molar-refractivity contribution in [2.24, 2.45) is 0 Å². The molecular weight excluding hydrogens is 1010 g/mol. The van der Waals surface area contributed by atoms with E-state index < -0.39 is 67.9 Å². The van der Waals surface area contributed by atoms with Crippen molar-refractivity contribution in [3.05, 3.63) is 145 Å². The lowest BCUT2D eigenvalue weighted by Gasteiger charge is -2.41. The van der Waals surface area contributed by atoms with E-state index in [-0.39, 0.29) is 67.7 Å². The van der Waals surface area contributed by atoms with E-state index in [1.807, 2.05) is 0 Å². The molecule has 2 N–H and O–H groups in total. The largest absolute Gasteiger partial charge is 0.573 e. The van der Waals surface area contributed by atoms with Gasteiger partial charge in [0.25, 0.3) is 0 Å². The molecule has 0 aromatic heterocycles. The van der Waals surface area contributed by atoms with E-state index in [4.69, 9.17) is 9.47 Å². The molecule has 2 aliphatic heterocycles. The molecule has 0 amide bonds. The highest BCUT2D eigenvalue weighted by Crippen LogP contribution is 2.47. The van der Waals surface area contributed by atoms with Gasteiger partial charge in [0, 0.05) is 11.1 Å². The monoisotopic (exact) mass is 1050 g/mol. The van der Waals surface area contributed by atoms with Crippen LogP contribution in [0.1, 0.15) is 38.1 Å². The molecule has 6 aromatic carbocycles. The molecule has 0 bridgehead atoms. The molecule has 6 aromatic rings. The number of benzene rings is 6. The number of nitrogens with one attached hydrogen (secondary N) is 1. The van der Waals surface area contributed by atoms with E-state index in [1.54, 1.807) is 30.3 Å². The van der Waals surface area contributed by atoms with Gasteiger partial charge in [0.2, 0.25) is 0 Å². The Balaban J connectivity index is 0.000000268. The van der Waals surface area contributed by atoms with Gasteiger partial charge < -0.3 is 43.7 Å². The molecule has 0 saturated heterocycles. The third-order valence-electron chi connectivity index (χ3n) is 10.3. The number of halogens is 15. The predicted octanol–water partition coefficient (Wildman–Crippen LogP) is 15.0. The van der Waals surface area contributed by atoms with Gasteiger partial charge in [-0.05, 0) is 82.9 Å². The summed E-state index contributed by atoms with van der Waals surface area (Å²) in [5.74, 6) is -1.46. The minimum absolute atomic E-state index is 0. The number of fused-ring (bicyclic) bond motifs is 2. The van der Waals surface area contributed by atoms with Crippen LogP contribution in [0.4, 0.5) is 77.2 Å². The average Bonchev–Trinajstić information content (AvgIpc) is 3.26. The van der Waals surface area contributed by atoms with Crippen LogP contribution in [0.3, 0.4) is 0 Å². The summed E-state index contributed by atoms with van der Waals surface area (Å²) in [7, 11) is 0. The molecule has 24 heteroatoms. The van der Waals surface area contributed by atoms with Gasteiger partial charge in [-0.15, -0.1) is 52.7 Å². The summed E-state index contributed by atoms with van der Waals surface area (Å²) in [5, 5.41) is 13.1. The van der Waals surface area contributed by atoms with Gasteiger partial charge in [0.1, 0.15) is 42.0 Å². The van der Waals surface area contributed by atoms with Crippen molar-refractivity contribution in [2.75, 3.05) is 30.0 Å². The van der Waals surface area contributed by atoms with Crippen LogP contribution in [0, 0.1) is 0 Å². The van der Waals surface area contributed by atoms with E-state index >= 15 is 0 Å². The highest BCUT2D eigenvalue weighted by atomic mass is 19.4. The molecule has 0 unspecified atom stereocenters. The maximum Gasteiger partial charge on any atom is 0.573 e. The Kier molecular flexibility index (Phi) is 17.2. The molecule has 3 atom stereocenters. The van der Waals surface area contributed by atoms with Gasteiger partial charge in [-0.1, -0.05) is 87.6 Å². The number of aliphatic hydroxyl groups excluding tert-OH is 1. The number of aliphatic hydroxyl groups is 1. The van der Waals surface area contributed by atoms with E-state index in [0.29, 0.717) is 28.1 Å². The van der Waals surface area contributed by atoms with Gasteiger partial charge in [0.15, 0.2) is 11.9 Å². The Morgan fingerprint density at radius 2 is 0.918 bits per heavy atom. The normalized spacial score (nSPS) is 15.9. The zero-order chi connectivity index (χ0) is 51.5. The number of ether oxygens (including phenoxy) is 6. The quantitative estimate of drug-likeness (QED) is 0.130. The lowest BCUT2D eigenvalue weighted by atomic mass is 9.98. The summed E-state index contributed by atoms with van der Waals surface area (Å²) in [6.07, 6.45) is -27.5. The Labute approximate surface area is 406 Å². The number of nitrogens with zero attached hydrogens (tertiary/aromatic N) is 1. The SMILES string of the molecule is C.C.FC(F)(F)Oc1cccc(-c2cccc3c2OC[C@H](c2cccc(OC(F)(F)F)c2)N3)c1.O[C@H](CN1c2cccc(-c3cccc(OC(F)(F)F)c3)c2OC[C@@H]1c1cccc(OC(F)(F)F)c1)C(F)(F)F. The third-order valence-corrected chi connectivity index (χ3v) is 10.3. The van der Waals surface area contributed by atoms with Crippen LogP contribution in [-0.4, -0.2) is 62.6 Å². The second-order valence-electron chi connectivity index (χ2n) is 15.3. The molecule has 0 fully saturated rings. The van der Waals surface area contributed by atoms with Crippen molar-refractivity contribution in [3.63, 3.8) is 0 Å². The van der Waals surface area contributed by atoms with Crippen LogP contribution in [-0.2, 0) is 0 Å². The van der Waals surface area contributed by atoms with Crippen molar-refractivity contribution in [1.82, 2.24) is 0 Å². The van der Waals surface area contributed by atoms with E-state index in [9.17, 15) is 71.0 Å². The molecule has 0 saturated carbocycles. The molecule has 2 heterocycles. The van der Waals surface area contributed by atoms with Crippen LogP contribution in [0.25, 0.3) is 22.3 Å². The topological polar surface area (TPSA) is 90.9 Å². The predicted molar refractivity (Wildman–Crippen MR) is 236 cm³/mol. The molecular formula is C49H41F15N2O7. The summed E-state index contributed by atoms with van der Waals surface area (Å²) in [4.78, 5) is 1.11. The standard InChI is InChI=1S/C25H18F9NO4.C22H15F6NO3.2CH4/c26-23(27,28)21(36)12-35-19-9-3-8-18(14-4-1-6-16(10-14)38-24(29,30)31)22(19)37-13-20(35)15-5-2-7-17(11-15)39-25(32,33)34;23-21(24,25)31-15-6-1-4-13(10-15)17-8-3-9-18-20(17)30-12-19(29-18)14-5-2-7-16(11-14)32-22(26,27)28;;/h1-11,20-21,36H,12-13H2;1-11,19,29H,12H2;2*1H4/t20-,21-;19-;;/m11../s1. The van der Waals surface area contributed by atoms with Gasteiger partial charge in [-0.3, -0.25) is 0 Å². The minimum Gasteiger partial charge on any atom is -0.488 e. The minimum atomic E-state index is -5.02. The number of hydrogen-bond donors (Lipinski definition) is 2. The fourth-order valence-electron chi connectivity index (χ4n) is 7.52. The third kappa shape index (κ3) is 15.3. The van der Waals surface area contributed by atoms with Crippen LogP contribution in [0.5, 0.6) is 34.5 Å². The smallest absolute Gasteiger partial charge is 0.488 e. The molecule has 0 aliphatic carbocycles. The number of hydrogen-bond acceptors (Lipinski definition) is 9. The Hall–Kier alpha value is -7.37. The van der Waals surface area contributed by atoms with E-state index in [1.165, 1.54) is 78.9 Å². The van der Waals surface area contributed by atoms with Crippen LogP contribution >= 0.6 is 0 Å². The Morgan fingerprint density at radius 1 is 0.507 bits per heavy atom. The first-order valence-corrected chi connectivity index (χ1v) is 20.4. The summed E-state index contributed by atoms with van der Waals surface area (Å²) in [6, 6.07) is 28.2. The van der Waals surface area contributed by atoms with Gasteiger partial charge >= 0.3 is 31.6 Å². The molecule has 73 heavy (non-hydrogen) atoms. The highest BCUT2D eigenvalue weighted by Gasteiger charge is 2.43. The molecule has 8 rings (SSSR count). The zero-order valence-corrected chi connectivity index (χ0v) is 35.6. The van der Waals surface area contributed by atoms with Crippen LogP contribution in [0.2, 0.25) is 0 Å². The second kappa shape index (κ2) is 22.2. The average molecular weight is 1050 g/mol. The van der Waals surface area contributed by atoms with Gasteiger partial charge in [-0.25, -0.2) is 0 Å². The Morgan fingerprint density at radius 3 is 1.41 bits per heavy atom. The maximum absolute atomic E-state index is 13.3. The van der Waals surface area contributed by atoms with Crippen molar-refractivity contribution in [1.29, 1.82) is 0 Å². The van der Waals surface area contributed by atoms with Gasteiger partial charge in [0.05, 0.1) is 30.0 Å². The summed E-state index contributed by atoms with van der Waals surface area (Å²) < 4.78 is 219. The maximum atomic E-state index is 13.3. The molecule has 394 valence electrons. The summed E-state index contributed by atoms with van der Waals surface area (Å²) in [6.45, 7) is -1.31.